The van der Waals surface area contributed by atoms with Crippen LogP contribution in [0.5, 0.6) is 6.01 Å². The number of amides is 1. The minimum absolute atomic E-state index is 0.214. The zero-order valence-electron chi connectivity index (χ0n) is 25.9. The van der Waals surface area contributed by atoms with Gasteiger partial charge >= 0.3 is 6.01 Å². The number of hydrogen-bond acceptors (Lipinski definition) is 7. The number of nitrogens with zero attached hydrogens (tertiary/aromatic N) is 6. The molecule has 3 aliphatic heterocycles. The lowest BCUT2D eigenvalue weighted by atomic mass is 9.91. The molecule has 2 saturated heterocycles. The van der Waals surface area contributed by atoms with Crippen molar-refractivity contribution in [1.29, 1.82) is 0 Å². The second-order valence-corrected chi connectivity index (χ2v) is 13.1. The SMILES string of the molecule is [C-]#[N+]C(C)(C)[C@H]1CN(c2nc(OC[C@@H]3CCCN3C)nc3c2COC(c2cccc4cccc(Cl)c24)C3)CCN1C(=O)C(=C)F. The fraction of sp³-hybridized carbons (Fsp3) is 0.471. The van der Waals surface area contributed by atoms with Crippen molar-refractivity contribution in [2.75, 3.05) is 44.7 Å². The van der Waals surface area contributed by atoms with E-state index in [4.69, 9.17) is 37.6 Å². The van der Waals surface area contributed by atoms with Gasteiger partial charge in [-0.15, -0.1) is 0 Å². The van der Waals surface area contributed by atoms with Gasteiger partial charge in [0.05, 0.1) is 18.4 Å². The number of halogens is 2. The molecule has 236 valence electrons. The standard InChI is InChI=1S/C34H38ClFN6O3/c1-21(36)32(43)42-16-15-41(18-29(42)34(2,3)37-4)31-25-20-44-28(24-12-6-9-22-10-7-13-26(35)30(22)24)17-27(25)38-33(39-31)45-19-23-11-8-14-40(23)5/h6-7,9-10,12-13,23,28-29H,1,8,11,14-20H2,2-3,5H3/t23-,28?,29+/m0/s1. The number of carbonyl (C=O) groups is 1. The molecule has 45 heavy (non-hydrogen) atoms. The minimum atomic E-state index is -1.03. The molecule has 1 aromatic heterocycles. The van der Waals surface area contributed by atoms with Crippen molar-refractivity contribution in [2.45, 2.75) is 63.4 Å². The highest BCUT2D eigenvalue weighted by Gasteiger charge is 2.46. The monoisotopic (exact) mass is 632 g/mol. The summed E-state index contributed by atoms with van der Waals surface area (Å²) in [5.41, 5.74) is 1.69. The van der Waals surface area contributed by atoms with Crippen LogP contribution in [0.3, 0.4) is 0 Å². The van der Waals surface area contributed by atoms with Crippen LogP contribution in [0.1, 0.15) is 49.6 Å². The smallest absolute Gasteiger partial charge is 0.318 e. The lowest BCUT2D eigenvalue weighted by molar-refractivity contribution is -0.132. The van der Waals surface area contributed by atoms with Gasteiger partial charge in [-0.25, -0.2) is 11.0 Å². The first-order chi connectivity index (χ1) is 21.6. The molecule has 1 amide bonds. The second-order valence-electron chi connectivity index (χ2n) is 12.7. The molecule has 3 aliphatic rings. The fourth-order valence-corrected chi connectivity index (χ4v) is 7.05. The molecular formula is C34H38ClFN6O3. The fourth-order valence-electron chi connectivity index (χ4n) is 6.76. The van der Waals surface area contributed by atoms with Crippen molar-refractivity contribution in [2.24, 2.45) is 0 Å². The molecule has 0 radical (unpaired) electrons. The summed E-state index contributed by atoms with van der Waals surface area (Å²) in [7, 11) is 2.10. The van der Waals surface area contributed by atoms with E-state index in [0.717, 1.165) is 47.0 Å². The van der Waals surface area contributed by atoms with Crippen molar-refractivity contribution in [3.05, 3.63) is 82.1 Å². The number of carbonyl (C=O) groups excluding carboxylic acids is 1. The van der Waals surface area contributed by atoms with E-state index in [2.05, 4.69) is 28.3 Å². The molecule has 1 unspecified atom stereocenters. The summed E-state index contributed by atoms with van der Waals surface area (Å²) in [6.07, 6.45) is 2.39. The molecule has 11 heteroatoms. The molecule has 3 atom stereocenters. The van der Waals surface area contributed by atoms with Crippen LogP contribution in [-0.2, 0) is 22.6 Å². The van der Waals surface area contributed by atoms with Crippen molar-refractivity contribution in [1.82, 2.24) is 19.8 Å². The first kappa shape index (κ1) is 31.2. The first-order valence-electron chi connectivity index (χ1n) is 15.4. The number of anilines is 1. The van der Waals surface area contributed by atoms with Crippen molar-refractivity contribution < 1.29 is 18.7 Å². The normalized spacial score (nSPS) is 22.3. The third-order valence-electron chi connectivity index (χ3n) is 9.44. The highest BCUT2D eigenvalue weighted by molar-refractivity contribution is 6.35. The predicted molar refractivity (Wildman–Crippen MR) is 172 cm³/mol. The van der Waals surface area contributed by atoms with Crippen molar-refractivity contribution >= 4 is 34.1 Å². The molecular weight excluding hydrogens is 595 g/mol. The number of piperazine rings is 1. The number of aromatic nitrogens is 2. The Kier molecular flexibility index (Phi) is 8.70. The molecule has 2 aromatic carbocycles. The van der Waals surface area contributed by atoms with E-state index in [1.165, 1.54) is 4.90 Å². The maximum Gasteiger partial charge on any atom is 0.318 e. The van der Waals surface area contributed by atoms with Crippen LogP contribution >= 0.6 is 11.6 Å². The summed E-state index contributed by atoms with van der Waals surface area (Å²) in [5.74, 6) is -1.17. The van der Waals surface area contributed by atoms with Gasteiger partial charge in [-0.3, -0.25) is 4.79 Å². The van der Waals surface area contributed by atoms with Crippen LogP contribution in [-0.4, -0.2) is 83.1 Å². The van der Waals surface area contributed by atoms with Crippen LogP contribution in [0, 0.1) is 6.57 Å². The molecule has 9 nitrogen and oxygen atoms in total. The third kappa shape index (κ3) is 6.09. The van der Waals surface area contributed by atoms with Gasteiger partial charge in [-0.05, 0) is 43.5 Å². The van der Waals surface area contributed by atoms with E-state index in [0.29, 0.717) is 30.4 Å². The summed E-state index contributed by atoms with van der Waals surface area (Å²) < 4.78 is 26.8. The van der Waals surface area contributed by atoms with Gasteiger partial charge < -0.3 is 29.0 Å². The largest absolute Gasteiger partial charge is 0.462 e. The lowest BCUT2D eigenvalue weighted by Gasteiger charge is -2.44. The van der Waals surface area contributed by atoms with E-state index in [-0.39, 0.29) is 37.9 Å². The Labute approximate surface area is 268 Å². The summed E-state index contributed by atoms with van der Waals surface area (Å²) >= 11 is 6.68. The summed E-state index contributed by atoms with van der Waals surface area (Å²) in [6.45, 7) is 17.2. The molecule has 0 N–H and O–H groups in total. The number of hydrogen-bond donors (Lipinski definition) is 0. The van der Waals surface area contributed by atoms with Crippen LogP contribution in [0.2, 0.25) is 5.02 Å². The van der Waals surface area contributed by atoms with E-state index < -0.39 is 23.3 Å². The average Bonchev–Trinajstić information content (AvgIpc) is 3.46. The molecule has 0 aliphatic carbocycles. The Hall–Kier alpha value is -3.78. The van der Waals surface area contributed by atoms with Gasteiger partial charge in [0.25, 0.3) is 5.91 Å². The van der Waals surface area contributed by atoms with Crippen molar-refractivity contribution in [3.63, 3.8) is 0 Å². The molecule has 4 heterocycles. The number of likely N-dealkylation sites (tertiary alicyclic amines) is 1. The Morgan fingerprint density at radius 3 is 2.71 bits per heavy atom. The Balaban J connectivity index is 1.37. The number of rotatable bonds is 7. The minimum Gasteiger partial charge on any atom is -0.462 e. The number of benzene rings is 2. The molecule has 0 spiro atoms. The third-order valence-corrected chi connectivity index (χ3v) is 9.76. The topological polar surface area (TPSA) is 75.4 Å². The summed E-state index contributed by atoms with van der Waals surface area (Å²) in [5, 5.41) is 2.67. The van der Waals surface area contributed by atoms with Gasteiger partial charge in [0.15, 0.2) is 5.83 Å². The summed E-state index contributed by atoms with van der Waals surface area (Å²) in [6, 6.07) is 11.9. The molecule has 6 rings (SSSR count). The highest BCUT2D eigenvalue weighted by Crippen LogP contribution is 2.40. The quantitative estimate of drug-likeness (QED) is 0.242. The van der Waals surface area contributed by atoms with E-state index in [1.54, 1.807) is 13.8 Å². The Morgan fingerprint density at radius 2 is 2.00 bits per heavy atom. The second kappa shape index (κ2) is 12.5. The van der Waals surface area contributed by atoms with Crippen LogP contribution in [0.15, 0.2) is 48.8 Å². The molecule has 0 bridgehead atoms. The van der Waals surface area contributed by atoms with Crippen LogP contribution in [0.4, 0.5) is 10.2 Å². The number of fused-ring (bicyclic) bond motifs is 2. The summed E-state index contributed by atoms with van der Waals surface area (Å²) in [4.78, 5) is 32.2. The van der Waals surface area contributed by atoms with Gasteiger partial charge in [0.1, 0.15) is 18.5 Å². The van der Waals surface area contributed by atoms with Crippen LogP contribution < -0.4 is 9.64 Å². The van der Waals surface area contributed by atoms with Crippen molar-refractivity contribution in [3.8, 4) is 6.01 Å². The van der Waals surface area contributed by atoms with Gasteiger partial charge in [0, 0.05) is 61.9 Å². The molecule has 3 aromatic rings. The van der Waals surface area contributed by atoms with Gasteiger partial charge in [-0.2, -0.15) is 9.97 Å². The maximum atomic E-state index is 14.0. The Morgan fingerprint density at radius 1 is 1.22 bits per heavy atom. The van der Waals surface area contributed by atoms with E-state index >= 15 is 0 Å². The zero-order chi connectivity index (χ0) is 31.9. The molecule has 0 saturated carbocycles. The number of likely N-dealkylation sites (N-methyl/N-ethyl adjacent to an activating group) is 1. The Bertz CT molecular complexity index is 1670. The predicted octanol–water partition coefficient (Wildman–Crippen LogP) is 5.77. The van der Waals surface area contributed by atoms with Gasteiger partial charge in [0.2, 0.25) is 5.54 Å². The molecule has 2 fully saturated rings. The lowest BCUT2D eigenvalue weighted by Crippen LogP contribution is -2.62. The van der Waals surface area contributed by atoms with E-state index in [9.17, 15) is 9.18 Å². The average molecular weight is 633 g/mol. The maximum absolute atomic E-state index is 14.0. The van der Waals surface area contributed by atoms with E-state index in [1.807, 2.05) is 36.4 Å². The number of ether oxygens (including phenoxy) is 2. The zero-order valence-corrected chi connectivity index (χ0v) is 26.7. The highest BCUT2D eigenvalue weighted by atomic mass is 35.5. The van der Waals surface area contributed by atoms with Crippen LogP contribution in [0.25, 0.3) is 15.6 Å². The first-order valence-corrected chi connectivity index (χ1v) is 15.8. The van der Waals surface area contributed by atoms with Gasteiger partial charge in [-0.1, -0.05) is 48.5 Å².